The number of hydrogen-bond donors (Lipinski definition) is 2. The van der Waals surface area contributed by atoms with E-state index in [0.717, 1.165) is 37.4 Å². The Morgan fingerprint density at radius 3 is 2.64 bits per heavy atom. The molecule has 1 saturated heterocycles. The molecule has 2 fully saturated rings. The smallest absolute Gasteiger partial charge is 0.247 e. The van der Waals surface area contributed by atoms with Crippen LogP contribution in [0.4, 0.5) is 5.69 Å². The highest BCUT2D eigenvalue weighted by Crippen LogP contribution is 2.38. The van der Waals surface area contributed by atoms with Crippen LogP contribution in [-0.2, 0) is 24.3 Å². The van der Waals surface area contributed by atoms with Crippen molar-refractivity contribution < 1.29 is 22.7 Å². The summed E-state index contributed by atoms with van der Waals surface area (Å²) < 4.78 is 33.3. The zero-order chi connectivity index (χ0) is 19.7. The molecule has 152 valence electrons. The van der Waals surface area contributed by atoms with Crippen LogP contribution in [0.5, 0.6) is 0 Å². The average molecular weight is 426 g/mol. The van der Waals surface area contributed by atoms with Gasteiger partial charge in [-0.1, -0.05) is 12.8 Å². The molecule has 1 aromatic carbocycles. The van der Waals surface area contributed by atoms with E-state index in [2.05, 4.69) is 10.0 Å². The van der Waals surface area contributed by atoms with E-state index in [1.165, 1.54) is 12.1 Å². The summed E-state index contributed by atoms with van der Waals surface area (Å²) in [5.41, 5.74) is 0.426. The Kier molecular flexibility index (Phi) is 5.64. The number of carbonyl (C=O) groups is 2. The highest BCUT2D eigenvalue weighted by atomic mass is 32.2. The predicted molar refractivity (Wildman–Crippen MR) is 105 cm³/mol. The summed E-state index contributed by atoms with van der Waals surface area (Å²) in [6, 6.07) is 4.62. The van der Waals surface area contributed by atoms with E-state index < -0.39 is 21.2 Å². The SMILES string of the molecule is O=C1Nc2cc(S(=O)(=O)NC3CCCC3)ccc2S[C@H]1C(=O)N1CCOCC1. The minimum absolute atomic E-state index is 0.0273. The third kappa shape index (κ3) is 4.05. The van der Waals surface area contributed by atoms with Gasteiger partial charge >= 0.3 is 0 Å². The summed E-state index contributed by atoms with van der Waals surface area (Å²) in [6.07, 6.45) is 3.76. The maximum absolute atomic E-state index is 12.7. The Balaban J connectivity index is 1.51. The molecule has 2 N–H and O–H groups in total. The van der Waals surface area contributed by atoms with Crippen LogP contribution in [0.15, 0.2) is 28.0 Å². The Bertz CT molecular complexity index is 877. The van der Waals surface area contributed by atoms with Crippen molar-refractivity contribution >= 4 is 39.3 Å². The number of nitrogens with one attached hydrogen (secondary N) is 2. The summed E-state index contributed by atoms with van der Waals surface area (Å²) in [5.74, 6) is -0.664. The number of benzene rings is 1. The fraction of sp³-hybridized carbons (Fsp3) is 0.556. The highest BCUT2D eigenvalue weighted by Gasteiger charge is 2.37. The Morgan fingerprint density at radius 2 is 1.93 bits per heavy atom. The summed E-state index contributed by atoms with van der Waals surface area (Å²) >= 11 is 1.16. The van der Waals surface area contributed by atoms with Crippen LogP contribution in [0, 0.1) is 0 Å². The van der Waals surface area contributed by atoms with Gasteiger partial charge in [0.05, 0.1) is 23.8 Å². The summed E-state index contributed by atoms with van der Waals surface area (Å²) in [5, 5.41) is 1.83. The van der Waals surface area contributed by atoms with Crippen molar-refractivity contribution in [2.75, 3.05) is 31.6 Å². The molecule has 1 aromatic rings. The number of sulfonamides is 1. The first-order valence-electron chi connectivity index (χ1n) is 9.44. The number of fused-ring (bicyclic) bond motifs is 1. The number of ether oxygens (including phenoxy) is 1. The number of rotatable bonds is 4. The highest BCUT2D eigenvalue weighted by molar-refractivity contribution is 8.01. The molecule has 1 aliphatic carbocycles. The van der Waals surface area contributed by atoms with E-state index in [4.69, 9.17) is 4.74 Å². The first kappa shape index (κ1) is 19.7. The van der Waals surface area contributed by atoms with Crippen LogP contribution >= 0.6 is 11.8 Å². The van der Waals surface area contributed by atoms with Crippen LogP contribution in [0.2, 0.25) is 0 Å². The number of nitrogens with zero attached hydrogens (tertiary/aromatic N) is 1. The van der Waals surface area contributed by atoms with Gasteiger partial charge in [-0.15, -0.1) is 11.8 Å². The first-order chi connectivity index (χ1) is 13.4. The molecule has 0 bridgehead atoms. The third-order valence-electron chi connectivity index (χ3n) is 5.23. The molecule has 0 radical (unpaired) electrons. The van der Waals surface area contributed by atoms with Crippen molar-refractivity contribution in [3.8, 4) is 0 Å². The first-order valence-corrected chi connectivity index (χ1v) is 11.8. The molecular formula is C18H23N3O5S2. The molecule has 28 heavy (non-hydrogen) atoms. The number of thioether (sulfide) groups is 1. The van der Waals surface area contributed by atoms with E-state index in [1.54, 1.807) is 11.0 Å². The predicted octanol–water partition coefficient (Wildman–Crippen LogP) is 1.18. The maximum atomic E-state index is 12.7. The van der Waals surface area contributed by atoms with Crippen LogP contribution < -0.4 is 10.0 Å². The minimum Gasteiger partial charge on any atom is -0.378 e. The Labute approximate surface area is 168 Å². The van der Waals surface area contributed by atoms with E-state index in [9.17, 15) is 18.0 Å². The van der Waals surface area contributed by atoms with Crippen molar-refractivity contribution in [2.24, 2.45) is 0 Å². The van der Waals surface area contributed by atoms with Gasteiger partial charge in [-0.2, -0.15) is 0 Å². The van der Waals surface area contributed by atoms with Crippen LogP contribution in [0.1, 0.15) is 25.7 Å². The van der Waals surface area contributed by atoms with Gasteiger partial charge in [0.25, 0.3) is 0 Å². The molecule has 8 nitrogen and oxygen atoms in total. The standard InChI is InChI=1S/C18H23N3O5S2/c22-17-16(18(23)21-7-9-26-10-8-21)27-15-6-5-13(11-14(15)19-17)28(24,25)20-12-3-1-2-4-12/h5-6,11-12,16,20H,1-4,7-10H2,(H,19,22)/t16-/m1/s1. The van der Waals surface area contributed by atoms with Gasteiger partial charge in [-0.3, -0.25) is 9.59 Å². The number of hydrogen-bond acceptors (Lipinski definition) is 6. The summed E-state index contributed by atoms with van der Waals surface area (Å²) in [7, 11) is -3.64. The third-order valence-corrected chi connectivity index (χ3v) is 8.01. The molecular weight excluding hydrogens is 402 g/mol. The van der Waals surface area contributed by atoms with Crippen molar-refractivity contribution in [2.45, 2.75) is 46.8 Å². The molecule has 0 unspecified atom stereocenters. The van der Waals surface area contributed by atoms with Crippen molar-refractivity contribution in [1.82, 2.24) is 9.62 Å². The normalized spacial score (nSPS) is 23.4. The fourth-order valence-electron chi connectivity index (χ4n) is 3.70. The topological polar surface area (TPSA) is 105 Å². The summed E-state index contributed by atoms with van der Waals surface area (Å²) in [6.45, 7) is 1.88. The minimum atomic E-state index is -3.64. The quantitative estimate of drug-likeness (QED) is 0.702. The second kappa shape index (κ2) is 8.02. The second-order valence-corrected chi connectivity index (χ2v) is 10.0. The van der Waals surface area contributed by atoms with Gasteiger partial charge in [-0.25, -0.2) is 13.1 Å². The fourth-order valence-corrected chi connectivity index (χ4v) is 6.08. The van der Waals surface area contributed by atoms with Gasteiger partial charge in [0.2, 0.25) is 21.8 Å². The molecule has 2 aliphatic heterocycles. The van der Waals surface area contributed by atoms with E-state index in [-0.39, 0.29) is 16.8 Å². The lowest BCUT2D eigenvalue weighted by Crippen LogP contribution is -2.49. The lowest BCUT2D eigenvalue weighted by atomic mass is 10.2. The van der Waals surface area contributed by atoms with E-state index in [1.807, 2.05) is 0 Å². The molecule has 1 saturated carbocycles. The zero-order valence-corrected chi connectivity index (χ0v) is 17.0. The van der Waals surface area contributed by atoms with Crippen LogP contribution in [0.25, 0.3) is 0 Å². The van der Waals surface area contributed by atoms with Gasteiger partial charge in [-0.05, 0) is 31.0 Å². The Morgan fingerprint density at radius 1 is 1.21 bits per heavy atom. The maximum Gasteiger partial charge on any atom is 0.247 e. The van der Waals surface area contributed by atoms with Crippen molar-refractivity contribution in [3.05, 3.63) is 18.2 Å². The van der Waals surface area contributed by atoms with Gasteiger partial charge in [0, 0.05) is 24.0 Å². The summed E-state index contributed by atoms with van der Waals surface area (Å²) in [4.78, 5) is 27.6. The number of amides is 2. The monoisotopic (exact) mass is 425 g/mol. The molecule has 1 atom stereocenters. The molecule has 4 rings (SSSR count). The van der Waals surface area contributed by atoms with Gasteiger partial charge in [0.15, 0.2) is 5.25 Å². The largest absolute Gasteiger partial charge is 0.378 e. The van der Waals surface area contributed by atoms with Crippen molar-refractivity contribution in [1.29, 1.82) is 0 Å². The van der Waals surface area contributed by atoms with E-state index >= 15 is 0 Å². The molecule has 2 amide bonds. The van der Waals surface area contributed by atoms with Crippen molar-refractivity contribution in [3.63, 3.8) is 0 Å². The Hall–Kier alpha value is -1.62. The molecule has 2 heterocycles. The lowest BCUT2D eigenvalue weighted by molar-refractivity contribution is -0.137. The number of carbonyl (C=O) groups excluding carboxylic acids is 2. The molecule has 0 spiro atoms. The van der Waals surface area contributed by atoms with E-state index in [0.29, 0.717) is 36.9 Å². The molecule has 3 aliphatic rings. The van der Waals surface area contributed by atoms with Crippen LogP contribution in [-0.4, -0.2) is 62.7 Å². The zero-order valence-electron chi connectivity index (χ0n) is 15.3. The van der Waals surface area contributed by atoms with Gasteiger partial charge < -0.3 is 15.0 Å². The van der Waals surface area contributed by atoms with Crippen LogP contribution in [0.3, 0.4) is 0 Å². The molecule has 10 heteroatoms. The number of anilines is 1. The number of morpholine rings is 1. The lowest BCUT2D eigenvalue weighted by Gasteiger charge is -2.31. The van der Waals surface area contributed by atoms with Gasteiger partial charge in [0.1, 0.15) is 0 Å². The average Bonchev–Trinajstić information content (AvgIpc) is 3.19. The molecule has 0 aromatic heterocycles. The second-order valence-electron chi connectivity index (χ2n) is 7.19.